The largest absolute Gasteiger partial charge is 0.357 e. The fourth-order valence-electron chi connectivity index (χ4n) is 0.440. The van der Waals surface area contributed by atoms with Crippen molar-refractivity contribution in [2.24, 2.45) is 0 Å². The topological polar surface area (TPSA) is 9.23 Å². The van der Waals surface area contributed by atoms with Crippen molar-refractivity contribution in [3.8, 4) is 0 Å². The van der Waals surface area contributed by atoms with E-state index in [1.807, 2.05) is 0 Å². The molecule has 1 radical (unpaired) electrons. The molecule has 0 aliphatic carbocycles. The first-order valence-corrected chi connectivity index (χ1v) is 2.44. The first-order valence-electron chi connectivity index (χ1n) is 2.01. The fourth-order valence-corrected chi connectivity index (χ4v) is 0.638. The van der Waals surface area contributed by atoms with Crippen molar-refractivity contribution in [1.82, 2.24) is 0 Å². The molecule has 0 saturated carbocycles. The zero-order valence-corrected chi connectivity index (χ0v) is 4.11. The molecular formula is C4H6ClO. The van der Waals surface area contributed by atoms with Gasteiger partial charge in [-0.2, -0.15) is 0 Å². The van der Waals surface area contributed by atoms with Gasteiger partial charge in [0.2, 0.25) is 0 Å². The molecule has 0 aromatic heterocycles. The molecule has 0 aromatic rings. The van der Waals surface area contributed by atoms with E-state index in [0.29, 0.717) is 0 Å². The van der Waals surface area contributed by atoms with E-state index in [2.05, 4.69) is 0 Å². The Bertz CT molecular complexity index is 40.8. The van der Waals surface area contributed by atoms with E-state index in [9.17, 15) is 0 Å². The monoisotopic (exact) mass is 105 g/mol. The summed E-state index contributed by atoms with van der Waals surface area (Å²) in [7, 11) is 0. The summed E-state index contributed by atoms with van der Waals surface area (Å²) in [5, 5.41) is 0. The number of hydrogen-bond acceptors (Lipinski definition) is 1. The number of hydrogen-bond donors (Lipinski definition) is 0. The highest BCUT2D eigenvalue weighted by Crippen LogP contribution is 2.17. The van der Waals surface area contributed by atoms with E-state index < -0.39 is 0 Å². The van der Waals surface area contributed by atoms with Crippen LogP contribution in [0.3, 0.4) is 0 Å². The number of halogens is 1. The summed E-state index contributed by atoms with van der Waals surface area (Å²) in [6.07, 6.45) is 1.98. The maximum absolute atomic E-state index is 5.46. The van der Waals surface area contributed by atoms with Crippen LogP contribution < -0.4 is 0 Å². The zero-order valence-electron chi connectivity index (χ0n) is 3.36. The first kappa shape index (κ1) is 4.41. The van der Waals surface area contributed by atoms with Gasteiger partial charge in [-0.05, 0) is 12.8 Å². The van der Waals surface area contributed by atoms with Crippen molar-refractivity contribution < 1.29 is 4.74 Å². The van der Waals surface area contributed by atoms with Gasteiger partial charge in [-0.25, -0.2) is 0 Å². The van der Waals surface area contributed by atoms with Crippen LogP contribution in [0.4, 0.5) is 0 Å². The molecule has 0 amide bonds. The van der Waals surface area contributed by atoms with Gasteiger partial charge in [-0.15, -0.1) is 0 Å². The second-order valence-electron chi connectivity index (χ2n) is 1.29. The smallest absolute Gasteiger partial charge is 0.131 e. The Morgan fingerprint density at radius 2 is 2.67 bits per heavy atom. The third kappa shape index (κ3) is 0.854. The van der Waals surface area contributed by atoms with Gasteiger partial charge >= 0.3 is 0 Å². The molecule has 2 heteroatoms. The molecule has 0 bridgehead atoms. The van der Waals surface area contributed by atoms with E-state index in [1.165, 1.54) is 0 Å². The minimum Gasteiger partial charge on any atom is -0.357 e. The molecule has 1 unspecified atom stereocenters. The highest BCUT2D eigenvalue weighted by atomic mass is 35.5. The zero-order chi connectivity index (χ0) is 4.41. The SMILES string of the molecule is ClC1CC[CH]O1. The van der Waals surface area contributed by atoms with Crippen LogP contribution in [0, 0.1) is 6.61 Å². The molecule has 1 nitrogen and oxygen atoms in total. The second kappa shape index (κ2) is 1.80. The average molecular weight is 106 g/mol. The van der Waals surface area contributed by atoms with Crippen LogP contribution >= 0.6 is 11.6 Å². The van der Waals surface area contributed by atoms with E-state index in [4.69, 9.17) is 16.3 Å². The highest BCUT2D eigenvalue weighted by molar-refractivity contribution is 6.19. The summed E-state index contributed by atoms with van der Waals surface area (Å²) >= 11 is 5.46. The van der Waals surface area contributed by atoms with Crippen LogP contribution in [-0.2, 0) is 4.74 Å². The third-order valence-electron chi connectivity index (χ3n) is 0.755. The molecular weight excluding hydrogens is 99.5 g/mol. The number of alkyl halides is 1. The summed E-state index contributed by atoms with van der Waals surface area (Å²) in [4.78, 5) is 0. The summed E-state index contributed by atoms with van der Waals surface area (Å²) < 4.78 is 4.79. The van der Waals surface area contributed by atoms with Gasteiger partial charge in [-0.1, -0.05) is 11.6 Å². The van der Waals surface area contributed by atoms with Crippen LogP contribution in [0.2, 0.25) is 0 Å². The first-order chi connectivity index (χ1) is 2.89. The van der Waals surface area contributed by atoms with Gasteiger partial charge in [0.25, 0.3) is 0 Å². The van der Waals surface area contributed by atoms with Crippen molar-refractivity contribution in [2.75, 3.05) is 0 Å². The van der Waals surface area contributed by atoms with Crippen molar-refractivity contribution >= 4 is 11.6 Å². The second-order valence-corrected chi connectivity index (χ2v) is 1.78. The van der Waals surface area contributed by atoms with Gasteiger partial charge < -0.3 is 4.74 Å². The molecule has 35 valence electrons. The normalized spacial score (nSPS) is 34.5. The highest BCUT2D eigenvalue weighted by Gasteiger charge is 2.10. The lowest BCUT2D eigenvalue weighted by Gasteiger charge is -1.90. The number of rotatable bonds is 0. The fraction of sp³-hybridized carbons (Fsp3) is 0.750. The van der Waals surface area contributed by atoms with E-state index in [1.54, 1.807) is 6.61 Å². The van der Waals surface area contributed by atoms with Crippen LogP contribution in [0.15, 0.2) is 0 Å². The summed E-state index contributed by atoms with van der Waals surface area (Å²) in [6.45, 7) is 1.75. The third-order valence-corrected chi connectivity index (χ3v) is 1.08. The predicted molar refractivity (Wildman–Crippen MR) is 24.3 cm³/mol. The lowest BCUT2D eigenvalue weighted by molar-refractivity contribution is 0.220. The molecule has 0 spiro atoms. The van der Waals surface area contributed by atoms with Gasteiger partial charge in [0.15, 0.2) is 0 Å². The Hall–Kier alpha value is 0.250. The Morgan fingerprint density at radius 1 is 1.83 bits per heavy atom. The van der Waals surface area contributed by atoms with E-state index >= 15 is 0 Å². The van der Waals surface area contributed by atoms with E-state index in [0.717, 1.165) is 12.8 Å². The van der Waals surface area contributed by atoms with E-state index in [-0.39, 0.29) is 5.56 Å². The summed E-state index contributed by atoms with van der Waals surface area (Å²) in [5.74, 6) is 0. The Balaban J connectivity index is 2.18. The van der Waals surface area contributed by atoms with Gasteiger partial charge in [-0.3, -0.25) is 0 Å². The molecule has 0 N–H and O–H groups in total. The standard InChI is InChI=1S/C4H6ClO/c5-4-2-1-3-6-4/h3-4H,1-2H2. The summed E-state index contributed by atoms with van der Waals surface area (Å²) in [6, 6.07) is 0. The van der Waals surface area contributed by atoms with Crippen LogP contribution in [0.1, 0.15) is 12.8 Å². The predicted octanol–water partition coefficient (Wildman–Crippen LogP) is 1.52. The maximum Gasteiger partial charge on any atom is 0.131 e. The quantitative estimate of drug-likeness (QED) is 0.425. The minimum atomic E-state index is -0.0370. The molecule has 1 atom stereocenters. The molecule has 1 aliphatic rings. The van der Waals surface area contributed by atoms with Crippen molar-refractivity contribution in [3.05, 3.63) is 6.61 Å². The van der Waals surface area contributed by atoms with Crippen molar-refractivity contribution in [3.63, 3.8) is 0 Å². The Labute approximate surface area is 42.2 Å². The lowest BCUT2D eigenvalue weighted by atomic mass is 10.4. The van der Waals surface area contributed by atoms with Gasteiger partial charge in [0.1, 0.15) is 5.56 Å². The van der Waals surface area contributed by atoms with Crippen LogP contribution in [0.5, 0.6) is 0 Å². The van der Waals surface area contributed by atoms with Gasteiger partial charge in [0.05, 0.1) is 6.61 Å². The molecule has 0 aromatic carbocycles. The lowest BCUT2D eigenvalue weighted by Crippen LogP contribution is -1.87. The van der Waals surface area contributed by atoms with Gasteiger partial charge in [0, 0.05) is 0 Å². The molecule has 6 heavy (non-hydrogen) atoms. The molecule has 1 aliphatic heterocycles. The average Bonchev–Trinajstić information content (AvgIpc) is 1.86. The number of ether oxygens (including phenoxy) is 1. The minimum absolute atomic E-state index is 0.0370. The van der Waals surface area contributed by atoms with Crippen molar-refractivity contribution in [1.29, 1.82) is 0 Å². The Morgan fingerprint density at radius 3 is 2.83 bits per heavy atom. The molecule has 1 heterocycles. The molecule has 1 saturated heterocycles. The van der Waals surface area contributed by atoms with Crippen molar-refractivity contribution in [2.45, 2.75) is 18.4 Å². The molecule has 1 fully saturated rings. The maximum atomic E-state index is 5.46. The molecule has 1 rings (SSSR count). The Kier molecular flexibility index (Phi) is 1.33. The van der Waals surface area contributed by atoms with Crippen LogP contribution in [0.25, 0.3) is 0 Å². The van der Waals surface area contributed by atoms with Crippen LogP contribution in [-0.4, -0.2) is 5.56 Å². The summed E-state index contributed by atoms with van der Waals surface area (Å²) in [5.41, 5.74) is -0.0370.